The lowest BCUT2D eigenvalue weighted by molar-refractivity contribution is -0.147. The van der Waals surface area contributed by atoms with Crippen molar-refractivity contribution in [2.24, 2.45) is 47.2 Å². The van der Waals surface area contributed by atoms with Gasteiger partial charge in [0, 0.05) is 52.8 Å². The van der Waals surface area contributed by atoms with Crippen molar-refractivity contribution in [2.75, 3.05) is 47.9 Å². The lowest BCUT2D eigenvalue weighted by atomic mass is 9.74. The maximum absolute atomic E-state index is 13.4. The number of carboxylic acids is 1. The average Bonchev–Trinajstić information content (AvgIpc) is 3.37. The molecule has 0 spiro atoms. The van der Waals surface area contributed by atoms with Gasteiger partial charge in [-0.2, -0.15) is 0 Å². The number of ether oxygens (including phenoxy) is 2. The van der Waals surface area contributed by atoms with Crippen LogP contribution < -0.4 is 16.4 Å². The van der Waals surface area contributed by atoms with Gasteiger partial charge < -0.3 is 45.4 Å². The minimum absolute atomic E-state index is 0.0317. The number of aldehydes is 2. The summed E-state index contributed by atoms with van der Waals surface area (Å²) in [6.45, 7) is 31.7. The molecule has 5 N–H and O–H groups in total. The fraction of sp³-hybridized carbons (Fsp3) is 0.724. The number of unbranched alkanes of at least 4 members (excludes halogenated alkanes) is 2. The Labute approximate surface area is 449 Å². The number of rotatable bonds is 31. The van der Waals surface area contributed by atoms with Crippen LogP contribution in [0.3, 0.4) is 0 Å². The van der Waals surface area contributed by atoms with E-state index >= 15 is 0 Å². The second-order valence-electron chi connectivity index (χ2n) is 17.9. The summed E-state index contributed by atoms with van der Waals surface area (Å²) >= 11 is 0. The summed E-state index contributed by atoms with van der Waals surface area (Å²) in [4.78, 5) is 85.1. The molecule has 74 heavy (non-hydrogen) atoms. The smallest absolute Gasteiger partial charge is 0.307 e. The van der Waals surface area contributed by atoms with Gasteiger partial charge in [-0.25, -0.2) is 4.39 Å². The van der Waals surface area contributed by atoms with E-state index in [0.29, 0.717) is 62.9 Å². The van der Waals surface area contributed by atoms with Gasteiger partial charge in [0.05, 0.1) is 24.7 Å². The number of nitrogens with two attached hydrogens (primary N) is 1. The Morgan fingerprint density at radius 2 is 1.36 bits per heavy atom. The van der Waals surface area contributed by atoms with E-state index in [4.69, 9.17) is 14.3 Å². The van der Waals surface area contributed by atoms with E-state index in [-0.39, 0.29) is 59.7 Å². The van der Waals surface area contributed by atoms with Crippen LogP contribution in [0.2, 0.25) is 0 Å². The topological polar surface area (TPSA) is 229 Å². The summed E-state index contributed by atoms with van der Waals surface area (Å²) in [6.07, 6.45) is 13.9. The Morgan fingerprint density at radius 1 is 0.824 bits per heavy atom. The number of hydrogen-bond donors (Lipinski definition) is 4. The normalized spacial score (nSPS) is 13.1. The van der Waals surface area contributed by atoms with Crippen molar-refractivity contribution in [3.63, 3.8) is 0 Å². The van der Waals surface area contributed by atoms with Gasteiger partial charge in [-0.15, -0.1) is 0 Å². The lowest BCUT2D eigenvalue weighted by Gasteiger charge is -2.38. The molecule has 15 nitrogen and oxygen atoms in total. The van der Waals surface area contributed by atoms with E-state index in [1.807, 2.05) is 55.4 Å². The number of carbonyl (C=O) groups excluding carboxylic acids is 7. The Balaban J connectivity index is -0.000000188. The molecule has 0 bridgehead atoms. The molecule has 0 aliphatic heterocycles. The minimum Gasteiger partial charge on any atom is -0.481 e. The van der Waals surface area contributed by atoms with Crippen LogP contribution >= 0.6 is 0 Å². The van der Waals surface area contributed by atoms with E-state index in [1.54, 1.807) is 59.2 Å². The molecule has 1 aromatic carbocycles. The molecule has 0 fully saturated rings. The van der Waals surface area contributed by atoms with Crippen molar-refractivity contribution in [1.82, 2.24) is 15.5 Å². The number of nitrogens with one attached hydrogen (secondary N) is 2. The van der Waals surface area contributed by atoms with E-state index in [9.17, 15) is 43.1 Å². The number of carboxylic acid groups (broad SMARTS) is 1. The maximum Gasteiger partial charge on any atom is 0.307 e. The highest BCUT2D eigenvalue weighted by Gasteiger charge is 2.38. The molecule has 434 valence electrons. The molecule has 1 rings (SSSR count). The van der Waals surface area contributed by atoms with Crippen molar-refractivity contribution in [1.29, 1.82) is 0 Å². The van der Waals surface area contributed by atoms with Gasteiger partial charge in [0.15, 0.2) is 0 Å². The number of benzene rings is 1. The Hall–Kier alpha value is -4.67. The highest BCUT2D eigenvalue weighted by Crippen LogP contribution is 2.36. The fourth-order valence-electron chi connectivity index (χ4n) is 7.12. The number of hydrogen-bond acceptors (Lipinski definition) is 11. The Bertz CT molecular complexity index is 1510. The number of likely N-dealkylation sites (N-methyl/N-ethyl adjacent to an activating group) is 2. The van der Waals surface area contributed by atoms with Crippen molar-refractivity contribution >= 4 is 48.8 Å². The first-order valence-corrected chi connectivity index (χ1v) is 26.9. The zero-order valence-electron chi connectivity index (χ0n) is 49.8. The quantitative estimate of drug-likeness (QED) is 0.0309. The first-order valence-electron chi connectivity index (χ1n) is 26.9. The molecule has 0 heterocycles. The minimum atomic E-state index is -0.889. The highest BCUT2D eigenvalue weighted by atomic mass is 19.1. The van der Waals surface area contributed by atoms with Crippen LogP contribution in [-0.2, 0) is 54.3 Å². The third-order valence-corrected chi connectivity index (χ3v) is 11.6. The summed E-state index contributed by atoms with van der Waals surface area (Å²) in [5, 5.41) is 15.5. The van der Waals surface area contributed by atoms with Crippen LogP contribution in [0.5, 0.6) is 0 Å². The van der Waals surface area contributed by atoms with Crippen LogP contribution in [0.25, 0.3) is 0 Å². The lowest BCUT2D eigenvalue weighted by Crippen LogP contribution is -2.41. The van der Waals surface area contributed by atoms with Crippen molar-refractivity contribution in [3.8, 4) is 0 Å². The van der Waals surface area contributed by atoms with E-state index < -0.39 is 11.9 Å². The van der Waals surface area contributed by atoms with Gasteiger partial charge in [-0.05, 0) is 113 Å². The van der Waals surface area contributed by atoms with Crippen LogP contribution in [0.1, 0.15) is 174 Å². The first-order chi connectivity index (χ1) is 35.1. The third-order valence-electron chi connectivity index (χ3n) is 11.6. The van der Waals surface area contributed by atoms with Gasteiger partial charge in [0.1, 0.15) is 30.0 Å². The number of nitrogens with zero attached hydrogens (tertiary/aromatic N) is 1. The zero-order valence-corrected chi connectivity index (χ0v) is 49.8. The Kier molecular flexibility index (Phi) is 68.5. The second-order valence-corrected chi connectivity index (χ2v) is 17.9. The molecule has 0 aromatic heterocycles. The average molecular weight is 1060 g/mol. The monoisotopic (exact) mass is 1060 g/mol. The van der Waals surface area contributed by atoms with Gasteiger partial charge >= 0.3 is 5.97 Å². The number of primary amides is 1. The molecule has 3 amide bonds. The number of aliphatic carboxylic acids is 1. The molecule has 0 aliphatic carbocycles. The number of allylic oxidation sites excluding steroid dienone is 1. The van der Waals surface area contributed by atoms with Crippen molar-refractivity contribution in [3.05, 3.63) is 47.8 Å². The van der Waals surface area contributed by atoms with Gasteiger partial charge in [-0.1, -0.05) is 128 Å². The molecule has 1 aromatic rings. The van der Waals surface area contributed by atoms with E-state index in [2.05, 4.69) is 51.0 Å². The Morgan fingerprint density at radius 3 is 1.72 bits per heavy atom. The zero-order chi connectivity index (χ0) is 59.0. The number of halogens is 1. The largest absolute Gasteiger partial charge is 0.481 e. The van der Waals surface area contributed by atoms with E-state index in [0.717, 1.165) is 63.2 Å². The molecule has 16 heteroatoms. The van der Waals surface area contributed by atoms with Gasteiger partial charge in [0.25, 0.3) is 0 Å². The second kappa shape index (κ2) is 60.9. The van der Waals surface area contributed by atoms with Gasteiger partial charge in [0.2, 0.25) is 18.7 Å². The van der Waals surface area contributed by atoms with Crippen LogP contribution in [0.15, 0.2) is 36.4 Å². The summed E-state index contributed by atoms with van der Waals surface area (Å²) in [5.74, 6) is -0.307. The molecule has 8 unspecified atom stereocenters. The van der Waals surface area contributed by atoms with Crippen LogP contribution in [0.4, 0.5) is 4.39 Å². The number of amides is 3. The predicted molar refractivity (Wildman–Crippen MR) is 302 cm³/mol. The molecule has 8 atom stereocenters. The summed E-state index contributed by atoms with van der Waals surface area (Å²) in [6, 6.07) is 6.00. The van der Waals surface area contributed by atoms with Crippen LogP contribution in [0, 0.1) is 47.2 Å². The predicted octanol–water partition coefficient (Wildman–Crippen LogP) is 10.5. The number of Topliss-reactive ketones (excluding diaryl/α,β-unsaturated/α-hetero) is 2. The maximum atomic E-state index is 13.4. The first kappa shape index (κ1) is 83.3. The summed E-state index contributed by atoms with van der Waals surface area (Å²) in [7, 11) is 6.84. The van der Waals surface area contributed by atoms with Crippen molar-refractivity contribution in [2.45, 2.75) is 187 Å². The standard InChI is InChI=1S/C28H46FNO5.C12H19NO3.C6H12O.C4H9NO.C3H8.2C2H6.CH3NO/c1-7-19(3)24(8-2)26(34-5)17-22(10-9-15-30-18-31)27(35-6)20(4)25(28(32)33)16-21-11-13-23(29)14-12-21;1-11(15)7-4-3-5-9-13(2)12(16)8-6-10-14;1-5(2)6(3)4-7;1-4(6)3-5-2;1-3-2;2*1-2;2-1-3/h11-14,18-20,22,24-27H,7-10,15-17H2,1-6H3,(H,30,31)(H,32,33);6,8,10H,3-5,7,9H2,1-2H3;4-6H,1-3H3;5H,3H2,1-2H3;3H2,1-2H3;2*1-2H3;1H,(H2,2,3)/b;8-6-;;;;;;. The third kappa shape index (κ3) is 50.8. The number of methoxy groups -OCH3 is 2. The van der Waals surface area contributed by atoms with Gasteiger partial charge in [-0.3, -0.25) is 28.8 Å². The van der Waals surface area contributed by atoms with E-state index in [1.165, 1.54) is 30.7 Å². The fourth-order valence-corrected chi connectivity index (χ4v) is 7.12. The molecule has 0 radical (unpaired) electrons. The number of carbonyl (C=O) groups is 8. The molecule has 0 aliphatic rings. The van der Waals surface area contributed by atoms with Crippen LogP contribution in [-0.4, -0.2) is 119 Å². The summed E-state index contributed by atoms with van der Waals surface area (Å²) < 4.78 is 25.4. The molecular weight excluding hydrogens is 948 g/mol. The molecule has 0 saturated carbocycles. The SMILES string of the molecule is CC.CC.CC(=O)CCCCCN(C)C(=O)/C=C\C=O.CC(C)C(C)C=O.CCC.CCC(C)C(CC)C(CC(CCCNC=O)C(OC)C(C)C(Cc1ccc(F)cc1)C(=O)O)OC.CNCC(C)=O.NC=O. The number of ketones is 2. The molecular formula is C58H109FN4O11. The molecule has 0 saturated heterocycles. The highest BCUT2D eigenvalue weighted by molar-refractivity contribution is 5.90. The summed E-state index contributed by atoms with van der Waals surface area (Å²) in [5.41, 5.74) is 4.95. The van der Waals surface area contributed by atoms with Crippen molar-refractivity contribution < 1.29 is 57.3 Å².